The van der Waals surface area contributed by atoms with Crippen molar-refractivity contribution < 1.29 is 4.39 Å². The number of hydrogen-bond acceptors (Lipinski definition) is 2. The van der Waals surface area contributed by atoms with Crippen LogP contribution < -0.4 is 5.32 Å². The fourth-order valence-corrected chi connectivity index (χ4v) is 2.02. The van der Waals surface area contributed by atoms with Gasteiger partial charge in [0.05, 0.1) is 5.56 Å². The average Bonchev–Trinajstić information content (AvgIpc) is 2.36. The van der Waals surface area contributed by atoms with E-state index in [1.54, 1.807) is 6.07 Å². The van der Waals surface area contributed by atoms with Gasteiger partial charge in [-0.1, -0.05) is 33.1 Å². The first-order valence-electron chi connectivity index (χ1n) is 6.67. The van der Waals surface area contributed by atoms with Gasteiger partial charge in [-0.2, -0.15) is 5.26 Å². The Bertz CT molecular complexity index is 409. The smallest absolute Gasteiger partial charge is 0.143 e. The Hall–Kier alpha value is -1.56. The van der Waals surface area contributed by atoms with Crippen LogP contribution in [0.5, 0.6) is 0 Å². The topological polar surface area (TPSA) is 35.8 Å². The molecular weight excluding hydrogens is 227 g/mol. The number of nitrogens with zero attached hydrogens (tertiary/aromatic N) is 1. The Morgan fingerprint density at radius 1 is 1.28 bits per heavy atom. The lowest BCUT2D eigenvalue weighted by Crippen LogP contribution is -2.19. The highest BCUT2D eigenvalue weighted by atomic mass is 19.1. The summed E-state index contributed by atoms with van der Waals surface area (Å²) in [5.41, 5.74) is 0.863. The molecule has 0 aliphatic carbocycles. The molecule has 0 heterocycles. The first-order chi connectivity index (χ1) is 8.71. The number of halogens is 1. The van der Waals surface area contributed by atoms with Gasteiger partial charge < -0.3 is 5.32 Å². The number of anilines is 1. The maximum absolute atomic E-state index is 13.5. The largest absolute Gasteiger partial charge is 0.382 e. The molecule has 1 unspecified atom stereocenters. The number of hydrogen-bond donors (Lipinski definition) is 1. The molecule has 1 N–H and O–H groups in total. The Morgan fingerprint density at radius 2 is 2.06 bits per heavy atom. The van der Waals surface area contributed by atoms with Gasteiger partial charge in [-0.05, 0) is 31.0 Å². The second-order valence-electron chi connectivity index (χ2n) is 4.58. The van der Waals surface area contributed by atoms with Crippen LogP contribution in [0.25, 0.3) is 0 Å². The van der Waals surface area contributed by atoms with Crippen molar-refractivity contribution in [3.63, 3.8) is 0 Å². The van der Waals surface area contributed by atoms with E-state index in [1.807, 2.05) is 6.07 Å². The number of nitriles is 1. The zero-order valence-electron chi connectivity index (χ0n) is 11.2. The van der Waals surface area contributed by atoms with Crippen LogP contribution in [0.4, 0.5) is 10.1 Å². The van der Waals surface area contributed by atoms with E-state index in [1.165, 1.54) is 25.0 Å². The van der Waals surface area contributed by atoms with Crippen LogP contribution in [0.3, 0.4) is 0 Å². The minimum atomic E-state index is -0.451. The van der Waals surface area contributed by atoms with Crippen LogP contribution in [-0.2, 0) is 0 Å². The van der Waals surface area contributed by atoms with E-state index >= 15 is 0 Å². The van der Waals surface area contributed by atoms with E-state index in [0.29, 0.717) is 6.04 Å². The van der Waals surface area contributed by atoms with Gasteiger partial charge in [-0.25, -0.2) is 4.39 Å². The molecule has 0 bridgehead atoms. The molecule has 1 aromatic carbocycles. The van der Waals surface area contributed by atoms with E-state index in [0.717, 1.165) is 24.9 Å². The fourth-order valence-electron chi connectivity index (χ4n) is 2.02. The third kappa shape index (κ3) is 4.37. The predicted molar refractivity (Wildman–Crippen MR) is 73.0 cm³/mol. The van der Waals surface area contributed by atoms with Crippen molar-refractivity contribution in [2.24, 2.45) is 0 Å². The number of unbranched alkanes of at least 4 members (excludes halogenated alkanes) is 1. The normalized spacial score (nSPS) is 11.9. The van der Waals surface area contributed by atoms with E-state index in [4.69, 9.17) is 5.26 Å². The van der Waals surface area contributed by atoms with Gasteiger partial charge in [0.25, 0.3) is 0 Å². The Balaban J connectivity index is 2.68. The molecule has 0 amide bonds. The van der Waals surface area contributed by atoms with Crippen molar-refractivity contribution in [2.45, 2.75) is 52.0 Å². The lowest BCUT2D eigenvalue weighted by atomic mass is 10.0. The Labute approximate surface area is 109 Å². The van der Waals surface area contributed by atoms with E-state index in [9.17, 15) is 4.39 Å². The van der Waals surface area contributed by atoms with Gasteiger partial charge in [0, 0.05) is 11.7 Å². The zero-order chi connectivity index (χ0) is 13.4. The van der Waals surface area contributed by atoms with Crippen LogP contribution >= 0.6 is 0 Å². The predicted octanol–water partition coefficient (Wildman–Crippen LogP) is 4.47. The Morgan fingerprint density at radius 3 is 2.61 bits per heavy atom. The summed E-state index contributed by atoms with van der Waals surface area (Å²) in [6.07, 6.45) is 5.65. The lowest BCUT2D eigenvalue weighted by molar-refractivity contribution is 0.563. The molecule has 0 aliphatic heterocycles. The second-order valence-corrected chi connectivity index (χ2v) is 4.58. The summed E-state index contributed by atoms with van der Waals surface area (Å²) in [6.45, 7) is 4.32. The van der Waals surface area contributed by atoms with Crippen molar-refractivity contribution in [2.75, 3.05) is 5.32 Å². The molecule has 0 saturated heterocycles. The minimum absolute atomic E-state index is 0.0983. The summed E-state index contributed by atoms with van der Waals surface area (Å²) in [4.78, 5) is 0. The molecule has 1 atom stereocenters. The van der Waals surface area contributed by atoms with Crippen molar-refractivity contribution in [3.05, 3.63) is 29.6 Å². The summed E-state index contributed by atoms with van der Waals surface area (Å²) < 4.78 is 13.5. The van der Waals surface area contributed by atoms with E-state index < -0.39 is 5.82 Å². The molecule has 2 nitrogen and oxygen atoms in total. The number of nitrogens with one attached hydrogen (secondary N) is 1. The van der Waals surface area contributed by atoms with Crippen LogP contribution in [-0.4, -0.2) is 6.04 Å². The zero-order valence-corrected chi connectivity index (χ0v) is 11.2. The van der Waals surface area contributed by atoms with Crippen LogP contribution in [0.15, 0.2) is 18.2 Å². The van der Waals surface area contributed by atoms with Gasteiger partial charge >= 0.3 is 0 Å². The SMILES string of the molecule is CCCCC(CCC)Nc1ccc(C#N)c(F)c1. The molecular formula is C15H21FN2. The molecule has 1 rings (SSSR count). The molecule has 0 aliphatic rings. The number of rotatable bonds is 7. The molecule has 0 aromatic heterocycles. The van der Waals surface area contributed by atoms with Gasteiger partial charge in [0.15, 0.2) is 0 Å². The maximum Gasteiger partial charge on any atom is 0.143 e. The second kappa shape index (κ2) is 7.71. The van der Waals surface area contributed by atoms with Gasteiger partial charge in [-0.3, -0.25) is 0 Å². The monoisotopic (exact) mass is 248 g/mol. The van der Waals surface area contributed by atoms with Gasteiger partial charge in [0.1, 0.15) is 11.9 Å². The molecule has 0 radical (unpaired) electrons. The molecule has 1 aromatic rings. The highest BCUT2D eigenvalue weighted by Crippen LogP contribution is 2.18. The summed E-state index contributed by atoms with van der Waals surface area (Å²) in [5.74, 6) is -0.451. The summed E-state index contributed by atoms with van der Waals surface area (Å²) >= 11 is 0. The van der Waals surface area contributed by atoms with Crippen molar-refractivity contribution in [1.82, 2.24) is 0 Å². The minimum Gasteiger partial charge on any atom is -0.382 e. The van der Waals surface area contributed by atoms with Crippen molar-refractivity contribution in [3.8, 4) is 6.07 Å². The average molecular weight is 248 g/mol. The molecule has 0 fully saturated rings. The van der Waals surface area contributed by atoms with E-state index in [2.05, 4.69) is 19.2 Å². The molecule has 98 valence electrons. The Kier molecular flexibility index (Phi) is 6.21. The summed E-state index contributed by atoms with van der Waals surface area (Å²) in [7, 11) is 0. The number of benzene rings is 1. The maximum atomic E-state index is 13.5. The van der Waals surface area contributed by atoms with Crippen molar-refractivity contribution in [1.29, 1.82) is 5.26 Å². The molecule has 18 heavy (non-hydrogen) atoms. The first kappa shape index (κ1) is 14.5. The summed E-state index contributed by atoms with van der Waals surface area (Å²) in [6, 6.07) is 6.94. The quantitative estimate of drug-likeness (QED) is 0.772. The van der Waals surface area contributed by atoms with E-state index in [-0.39, 0.29) is 5.56 Å². The lowest BCUT2D eigenvalue weighted by Gasteiger charge is -2.19. The van der Waals surface area contributed by atoms with Gasteiger partial charge in [-0.15, -0.1) is 0 Å². The van der Waals surface area contributed by atoms with Crippen LogP contribution in [0.2, 0.25) is 0 Å². The fraction of sp³-hybridized carbons (Fsp3) is 0.533. The molecule has 0 saturated carbocycles. The van der Waals surface area contributed by atoms with Crippen LogP contribution in [0.1, 0.15) is 51.5 Å². The molecule has 3 heteroatoms. The summed E-state index contributed by atoms with van der Waals surface area (Å²) in [5, 5.41) is 12.0. The third-order valence-corrected chi connectivity index (χ3v) is 3.00. The third-order valence-electron chi connectivity index (χ3n) is 3.00. The molecule has 0 spiro atoms. The van der Waals surface area contributed by atoms with Gasteiger partial charge in [0.2, 0.25) is 0 Å². The highest BCUT2D eigenvalue weighted by molar-refractivity contribution is 5.48. The highest BCUT2D eigenvalue weighted by Gasteiger charge is 2.08. The van der Waals surface area contributed by atoms with Crippen LogP contribution in [0, 0.1) is 17.1 Å². The van der Waals surface area contributed by atoms with Crippen molar-refractivity contribution >= 4 is 5.69 Å². The standard InChI is InChI=1S/C15H21FN2/c1-3-5-7-13(6-4-2)18-14-9-8-12(11-17)15(16)10-14/h8-10,13,18H,3-7H2,1-2H3. The first-order valence-corrected chi connectivity index (χ1v) is 6.67.